The van der Waals surface area contributed by atoms with Crippen molar-refractivity contribution in [3.8, 4) is 0 Å². The van der Waals surface area contributed by atoms with Crippen molar-refractivity contribution in [1.82, 2.24) is 10.2 Å². The summed E-state index contributed by atoms with van der Waals surface area (Å²) in [5.41, 5.74) is 2.22. The number of nitrogens with zero attached hydrogens (tertiary/aromatic N) is 1. The smallest absolute Gasteiger partial charge is 0.224 e. The van der Waals surface area contributed by atoms with Crippen LogP contribution in [0.15, 0.2) is 24.3 Å². The number of carbonyl (C=O) groups is 2. The van der Waals surface area contributed by atoms with E-state index < -0.39 is 0 Å². The molecule has 1 N–H and O–H groups in total. The zero-order valence-corrected chi connectivity index (χ0v) is 14.5. The van der Waals surface area contributed by atoms with Crippen molar-refractivity contribution < 1.29 is 9.59 Å². The highest BCUT2D eigenvalue weighted by molar-refractivity contribution is 5.79. The normalized spacial score (nSPS) is 15.7. The van der Waals surface area contributed by atoms with Crippen molar-refractivity contribution in [3.63, 3.8) is 0 Å². The van der Waals surface area contributed by atoms with Gasteiger partial charge in [-0.15, -0.1) is 0 Å². The van der Waals surface area contributed by atoms with Crippen LogP contribution in [-0.4, -0.2) is 35.8 Å². The fourth-order valence-electron chi connectivity index (χ4n) is 3.04. The lowest BCUT2D eigenvalue weighted by atomic mass is 10.0. The number of likely N-dealkylation sites (tertiary alicyclic amines) is 1. The lowest BCUT2D eigenvalue weighted by Crippen LogP contribution is -2.47. The monoisotopic (exact) mass is 316 g/mol. The summed E-state index contributed by atoms with van der Waals surface area (Å²) in [6.07, 6.45) is 2.74. The number of nitrogens with one attached hydrogen (secondary N) is 1. The first kappa shape index (κ1) is 17.5. The van der Waals surface area contributed by atoms with Gasteiger partial charge in [-0.3, -0.25) is 9.59 Å². The Morgan fingerprint density at radius 2 is 1.96 bits per heavy atom. The van der Waals surface area contributed by atoms with Crippen LogP contribution >= 0.6 is 0 Å². The van der Waals surface area contributed by atoms with E-state index in [4.69, 9.17) is 0 Å². The lowest BCUT2D eigenvalue weighted by Gasteiger charge is -2.33. The number of hydrogen-bond donors (Lipinski definition) is 1. The van der Waals surface area contributed by atoms with Crippen molar-refractivity contribution in [3.05, 3.63) is 35.4 Å². The van der Waals surface area contributed by atoms with Gasteiger partial charge in [0.2, 0.25) is 11.8 Å². The summed E-state index contributed by atoms with van der Waals surface area (Å²) in [6, 6.07) is 8.24. The fraction of sp³-hybridized carbons (Fsp3) is 0.579. The molecule has 0 aromatic heterocycles. The molecule has 0 radical (unpaired) electrons. The minimum absolute atomic E-state index is 0.0718. The molecule has 0 spiro atoms. The predicted octanol–water partition coefficient (Wildman–Crippen LogP) is 2.69. The molecule has 1 aliphatic rings. The van der Waals surface area contributed by atoms with E-state index in [2.05, 4.69) is 19.2 Å². The third-order valence-corrected chi connectivity index (χ3v) is 4.24. The largest absolute Gasteiger partial charge is 0.353 e. The predicted molar refractivity (Wildman–Crippen MR) is 92.1 cm³/mol. The average Bonchev–Trinajstić information content (AvgIpc) is 2.47. The van der Waals surface area contributed by atoms with Crippen LogP contribution in [0.2, 0.25) is 0 Å². The van der Waals surface area contributed by atoms with Crippen LogP contribution < -0.4 is 5.32 Å². The molecule has 126 valence electrons. The van der Waals surface area contributed by atoms with Gasteiger partial charge in [0.25, 0.3) is 0 Å². The van der Waals surface area contributed by atoms with Crippen molar-refractivity contribution in [1.29, 1.82) is 0 Å². The van der Waals surface area contributed by atoms with Crippen molar-refractivity contribution in [2.24, 2.45) is 5.92 Å². The Morgan fingerprint density at radius 1 is 1.26 bits per heavy atom. The number of rotatable bonds is 5. The van der Waals surface area contributed by atoms with Gasteiger partial charge in [-0.05, 0) is 31.2 Å². The molecular formula is C19H28N2O2. The highest BCUT2D eigenvalue weighted by Crippen LogP contribution is 2.14. The van der Waals surface area contributed by atoms with Crippen LogP contribution in [0.5, 0.6) is 0 Å². The Kier molecular flexibility index (Phi) is 6.20. The van der Waals surface area contributed by atoms with Gasteiger partial charge in [-0.1, -0.05) is 43.7 Å². The molecule has 1 heterocycles. The second-order valence-corrected chi connectivity index (χ2v) is 6.99. The molecule has 4 nitrogen and oxygen atoms in total. The maximum absolute atomic E-state index is 12.2. The van der Waals surface area contributed by atoms with Crippen molar-refractivity contribution in [2.75, 3.05) is 13.1 Å². The van der Waals surface area contributed by atoms with Gasteiger partial charge in [0.05, 0.1) is 6.42 Å². The number of aryl methyl sites for hydroxylation is 1. The number of hydrogen-bond acceptors (Lipinski definition) is 2. The summed E-state index contributed by atoms with van der Waals surface area (Å²) in [6.45, 7) is 7.67. The molecule has 1 aromatic rings. The second-order valence-electron chi connectivity index (χ2n) is 6.99. The maximum Gasteiger partial charge on any atom is 0.224 e. The van der Waals surface area contributed by atoms with E-state index >= 15 is 0 Å². The molecule has 0 saturated carbocycles. The summed E-state index contributed by atoms with van der Waals surface area (Å²) in [5, 5.41) is 3.11. The second kappa shape index (κ2) is 8.14. The van der Waals surface area contributed by atoms with Crippen LogP contribution in [0.3, 0.4) is 0 Å². The Morgan fingerprint density at radius 3 is 2.57 bits per heavy atom. The zero-order valence-electron chi connectivity index (χ0n) is 14.5. The van der Waals surface area contributed by atoms with Crippen LogP contribution in [0.1, 0.15) is 44.2 Å². The van der Waals surface area contributed by atoms with Gasteiger partial charge in [0.15, 0.2) is 0 Å². The molecule has 23 heavy (non-hydrogen) atoms. The average molecular weight is 316 g/mol. The molecule has 1 fully saturated rings. The number of amides is 2. The first-order valence-corrected chi connectivity index (χ1v) is 8.56. The van der Waals surface area contributed by atoms with E-state index in [0.29, 0.717) is 18.8 Å². The summed E-state index contributed by atoms with van der Waals surface area (Å²) in [4.78, 5) is 26.1. The SMILES string of the molecule is Cc1cccc(CC(=O)NC2CCN(C(=O)CC(C)C)CC2)c1. The number of benzene rings is 1. The Hall–Kier alpha value is -1.84. The fourth-order valence-corrected chi connectivity index (χ4v) is 3.04. The van der Waals surface area contributed by atoms with Gasteiger partial charge in [0.1, 0.15) is 0 Å². The molecule has 2 amide bonds. The highest BCUT2D eigenvalue weighted by Gasteiger charge is 2.24. The van der Waals surface area contributed by atoms with E-state index in [-0.39, 0.29) is 17.9 Å². The van der Waals surface area contributed by atoms with Crippen LogP contribution in [0.25, 0.3) is 0 Å². The molecule has 1 aromatic carbocycles. The molecule has 1 saturated heterocycles. The zero-order chi connectivity index (χ0) is 16.8. The Balaban J connectivity index is 1.75. The van der Waals surface area contributed by atoms with Gasteiger partial charge >= 0.3 is 0 Å². The van der Waals surface area contributed by atoms with Crippen LogP contribution in [0, 0.1) is 12.8 Å². The topological polar surface area (TPSA) is 49.4 Å². The number of piperidine rings is 1. The third-order valence-electron chi connectivity index (χ3n) is 4.24. The maximum atomic E-state index is 12.2. The minimum atomic E-state index is 0.0718. The van der Waals surface area contributed by atoms with E-state index in [1.807, 2.05) is 36.1 Å². The van der Waals surface area contributed by atoms with Crippen LogP contribution in [-0.2, 0) is 16.0 Å². The molecule has 0 atom stereocenters. The first-order valence-electron chi connectivity index (χ1n) is 8.56. The molecular weight excluding hydrogens is 288 g/mol. The summed E-state index contributed by atoms with van der Waals surface area (Å²) >= 11 is 0. The van der Waals surface area contributed by atoms with Crippen molar-refractivity contribution in [2.45, 2.75) is 52.5 Å². The molecule has 0 unspecified atom stereocenters. The van der Waals surface area contributed by atoms with Gasteiger partial charge < -0.3 is 10.2 Å². The quantitative estimate of drug-likeness (QED) is 0.908. The summed E-state index contributed by atoms with van der Waals surface area (Å²) in [5.74, 6) is 0.710. The first-order chi connectivity index (χ1) is 10.9. The lowest BCUT2D eigenvalue weighted by molar-refractivity contribution is -0.133. The van der Waals surface area contributed by atoms with E-state index in [9.17, 15) is 9.59 Å². The van der Waals surface area contributed by atoms with Gasteiger partial charge in [-0.25, -0.2) is 0 Å². The van der Waals surface area contributed by atoms with E-state index in [1.165, 1.54) is 5.56 Å². The highest BCUT2D eigenvalue weighted by atomic mass is 16.2. The third kappa shape index (κ3) is 5.70. The number of carbonyl (C=O) groups excluding carboxylic acids is 2. The van der Waals surface area contributed by atoms with Crippen LogP contribution in [0.4, 0.5) is 0 Å². The standard InChI is InChI=1S/C19H28N2O2/c1-14(2)11-19(23)21-9-7-17(8-10-21)20-18(22)13-16-6-4-5-15(3)12-16/h4-6,12,14,17H,7-11,13H2,1-3H3,(H,20,22). The minimum Gasteiger partial charge on any atom is -0.353 e. The molecule has 0 aliphatic carbocycles. The summed E-state index contributed by atoms with van der Waals surface area (Å²) in [7, 11) is 0. The van der Waals surface area contributed by atoms with E-state index in [1.54, 1.807) is 0 Å². The molecule has 0 bridgehead atoms. The molecule has 2 rings (SSSR count). The molecule has 1 aliphatic heterocycles. The Bertz CT molecular complexity index is 546. The summed E-state index contributed by atoms with van der Waals surface area (Å²) < 4.78 is 0. The van der Waals surface area contributed by atoms with Gasteiger partial charge in [0, 0.05) is 25.6 Å². The van der Waals surface area contributed by atoms with E-state index in [0.717, 1.165) is 31.5 Å². The van der Waals surface area contributed by atoms with Crippen molar-refractivity contribution >= 4 is 11.8 Å². The van der Waals surface area contributed by atoms with Gasteiger partial charge in [-0.2, -0.15) is 0 Å². The Labute approximate surface area is 139 Å². The molecule has 4 heteroatoms.